The zero-order chi connectivity index (χ0) is 16.4. The number of nitrogens with zero attached hydrogens (tertiary/aromatic N) is 2. The van der Waals surface area contributed by atoms with E-state index in [0.717, 1.165) is 17.7 Å². The lowest BCUT2D eigenvalue weighted by Gasteiger charge is -2.25. The molecule has 0 radical (unpaired) electrons. The molecule has 4 nitrogen and oxygen atoms in total. The topological polar surface area (TPSA) is 45.6 Å². The van der Waals surface area contributed by atoms with Crippen LogP contribution in [0.3, 0.4) is 0 Å². The highest BCUT2D eigenvalue weighted by Gasteiger charge is 2.34. The van der Waals surface area contributed by atoms with Crippen LogP contribution in [-0.2, 0) is 6.54 Å². The normalized spacial score (nSPS) is 21.6. The van der Waals surface area contributed by atoms with Crippen LogP contribution >= 0.6 is 0 Å². The molecule has 1 fully saturated rings. The largest absolute Gasteiger partial charge is 0.481 e. The van der Waals surface area contributed by atoms with E-state index in [0.29, 0.717) is 25.4 Å². The molecule has 0 saturated carbocycles. The Labute approximate surface area is 133 Å². The van der Waals surface area contributed by atoms with E-state index < -0.39 is 17.7 Å². The minimum atomic E-state index is -0.578. The third kappa shape index (κ3) is 3.33. The average Bonchev–Trinajstić information content (AvgIpc) is 2.90. The second-order valence-corrected chi connectivity index (χ2v) is 5.67. The number of pyridine rings is 1. The molecule has 2 atom stereocenters. The lowest BCUT2D eigenvalue weighted by molar-refractivity contribution is 0.171. The molecule has 1 aliphatic rings. The molecule has 6 heteroatoms. The number of likely N-dealkylation sites (tertiary alicyclic amines) is 1. The monoisotopic (exact) mass is 320 g/mol. The first-order valence-electron chi connectivity index (χ1n) is 7.43. The lowest BCUT2D eigenvalue weighted by Crippen LogP contribution is -2.25. The van der Waals surface area contributed by atoms with Gasteiger partial charge in [-0.05, 0) is 30.7 Å². The van der Waals surface area contributed by atoms with E-state index in [2.05, 4.69) is 4.98 Å². The third-order valence-corrected chi connectivity index (χ3v) is 4.12. The Morgan fingerprint density at radius 1 is 1.35 bits per heavy atom. The van der Waals surface area contributed by atoms with Gasteiger partial charge in [-0.2, -0.15) is 0 Å². The first-order chi connectivity index (χ1) is 11.1. The summed E-state index contributed by atoms with van der Waals surface area (Å²) >= 11 is 0. The fourth-order valence-electron chi connectivity index (χ4n) is 3.09. The van der Waals surface area contributed by atoms with Crippen LogP contribution in [0.2, 0.25) is 0 Å². The second-order valence-electron chi connectivity index (χ2n) is 5.67. The molecular formula is C17H18F2N2O2. The number of rotatable bonds is 4. The first kappa shape index (κ1) is 15.8. The number of aliphatic hydroxyl groups is 1. The van der Waals surface area contributed by atoms with Gasteiger partial charge in [-0.3, -0.25) is 4.90 Å². The van der Waals surface area contributed by atoms with Crippen LogP contribution in [0.25, 0.3) is 0 Å². The standard InChI is InChI=1S/C17H18F2N2O2/c1-23-17-11(3-2-6-20-17)9-21-10-13(22)8-16(21)14-7-12(18)4-5-15(14)19/h2-7,13,16,22H,8-10H2,1H3. The first-order valence-corrected chi connectivity index (χ1v) is 7.43. The molecule has 3 rings (SSSR count). The van der Waals surface area contributed by atoms with Gasteiger partial charge in [0, 0.05) is 36.5 Å². The van der Waals surface area contributed by atoms with Gasteiger partial charge in [0.25, 0.3) is 0 Å². The molecule has 1 aliphatic heterocycles. The maximum Gasteiger partial charge on any atom is 0.217 e. The number of aromatic nitrogens is 1. The minimum absolute atomic E-state index is 0.268. The van der Waals surface area contributed by atoms with E-state index in [-0.39, 0.29) is 11.6 Å². The summed E-state index contributed by atoms with van der Waals surface area (Å²) in [5, 5.41) is 9.99. The van der Waals surface area contributed by atoms with E-state index in [1.807, 2.05) is 11.0 Å². The highest BCUT2D eigenvalue weighted by Crippen LogP contribution is 2.35. The maximum absolute atomic E-state index is 14.1. The van der Waals surface area contributed by atoms with Gasteiger partial charge in [0.05, 0.1) is 13.2 Å². The van der Waals surface area contributed by atoms with Crippen LogP contribution in [0.4, 0.5) is 8.78 Å². The molecule has 1 N–H and O–H groups in total. The summed E-state index contributed by atoms with van der Waals surface area (Å²) in [6.45, 7) is 0.827. The molecule has 0 bridgehead atoms. The fraction of sp³-hybridized carbons (Fsp3) is 0.353. The van der Waals surface area contributed by atoms with Crippen molar-refractivity contribution in [1.29, 1.82) is 0 Å². The predicted octanol–water partition coefficient (Wildman–Crippen LogP) is 2.68. The summed E-state index contributed by atoms with van der Waals surface area (Å²) in [5.74, 6) is -0.456. The van der Waals surface area contributed by atoms with E-state index in [1.165, 1.54) is 13.2 Å². The number of β-amino-alcohol motifs (C(OH)–C–C–N with tert-alkyl or cyclic N) is 1. The lowest BCUT2D eigenvalue weighted by atomic mass is 10.0. The number of halogens is 2. The summed E-state index contributed by atoms with van der Waals surface area (Å²) in [6.07, 6.45) is 1.42. The van der Waals surface area contributed by atoms with Crippen LogP contribution in [0.5, 0.6) is 5.88 Å². The van der Waals surface area contributed by atoms with Gasteiger partial charge in [-0.25, -0.2) is 13.8 Å². The molecule has 1 aromatic carbocycles. The van der Waals surface area contributed by atoms with E-state index in [9.17, 15) is 13.9 Å². The highest BCUT2D eigenvalue weighted by atomic mass is 19.1. The van der Waals surface area contributed by atoms with Gasteiger partial charge in [-0.1, -0.05) is 6.07 Å². The zero-order valence-corrected chi connectivity index (χ0v) is 12.7. The molecule has 0 amide bonds. The van der Waals surface area contributed by atoms with E-state index >= 15 is 0 Å². The summed E-state index contributed by atoms with van der Waals surface area (Å²) in [4.78, 5) is 6.06. The number of benzene rings is 1. The maximum atomic E-state index is 14.1. The highest BCUT2D eigenvalue weighted by molar-refractivity contribution is 5.28. The van der Waals surface area contributed by atoms with Gasteiger partial charge >= 0.3 is 0 Å². The SMILES string of the molecule is COc1ncccc1CN1CC(O)CC1c1cc(F)ccc1F. The molecule has 2 aromatic rings. The van der Waals surface area contributed by atoms with Crippen molar-refractivity contribution < 1.29 is 18.6 Å². The molecule has 1 saturated heterocycles. The molecule has 122 valence electrons. The second kappa shape index (κ2) is 6.60. The van der Waals surface area contributed by atoms with Crippen LogP contribution in [0, 0.1) is 11.6 Å². The average molecular weight is 320 g/mol. The van der Waals surface area contributed by atoms with Crippen molar-refractivity contribution in [3.8, 4) is 5.88 Å². The predicted molar refractivity (Wildman–Crippen MR) is 80.9 cm³/mol. The zero-order valence-electron chi connectivity index (χ0n) is 12.7. The van der Waals surface area contributed by atoms with Crippen LogP contribution < -0.4 is 4.74 Å². The van der Waals surface area contributed by atoms with Crippen molar-refractivity contribution in [2.45, 2.75) is 25.1 Å². The van der Waals surface area contributed by atoms with Crippen molar-refractivity contribution >= 4 is 0 Å². The van der Waals surface area contributed by atoms with Gasteiger partial charge in [0.1, 0.15) is 11.6 Å². The quantitative estimate of drug-likeness (QED) is 0.941. The van der Waals surface area contributed by atoms with Gasteiger partial charge < -0.3 is 9.84 Å². The van der Waals surface area contributed by atoms with Crippen molar-refractivity contribution in [2.24, 2.45) is 0 Å². The molecule has 2 heterocycles. The van der Waals surface area contributed by atoms with Gasteiger partial charge in [0.15, 0.2) is 0 Å². The summed E-state index contributed by atoms with van der Waals surface area (Å²) in [6, 6.07) is 6.70. The van der Waals surface area contributed by atoms with Crippen molar-refractivity contribution in [1.82, 2.24) is 9.88 Å². The Balaban J connectivity index is 1.89. The van der Waals surface area contributed by atoms with E-state index in [1.54, 1.807) is 12.3 Å². The fourth-order valence-corrected chi connectivity index (χ4v) is 3.09. The van der Waals surface area contributed by atoms with Crippen molar-refractivity contribution in [2.75, 3.05) is 13.7 Å². The summed E-state index contributed by atoms with van der Waals surface area (Å²) in [7, 11) is 1.54. The Bertz CT molecular complexity index is 696. The number of hydrogen-bond donors (Lipinski definition) is 1. The third-order valence-electron chi connectivity index (χ3n) is 4.12. The molecule has 2 unspecified atom stereocenters. The Morgan fingerprint density at radius 2 is 2.17 bits per heavy atom. The minimum Gasteiger partial charge on any atom is -0.481 e. The van der Waals surface area contributed by atoms with Crippen LogP contribution in [0.15, 0.2) is 36.5 Å². The smallest absolute Gasteiger partial charge is 0.217 e. The molecule has 1 aromatic heterocycles. The van der Waals surface area contributed by atoms with Gasteiger partial charge in [0.2, 0.25) is 5.88 Å². The summed E-state index contributed by atoms with van der Waals surface area (Å²) in [5.41, 5.74) is 1.11. The number of aliphatic hydroxyl groups excluding tert-OH is 1. The van der Waals surface area contributed by atoms with Crippen LogP contribution in [0.1, 0.15) is 23.6 Å². The number of hydrogen-bond acceptors (Lipinski definition) is 4. The van der Waals surface area contributed by atoms with Crippen molar-refractivity contribution in [3.05, 3.63) is 59.3 Å². The number of methoxy groups -OCH3 is 1. The molecule has 23 heavy (non-hydrogen) atoms. The Hall–Kier alpha value is -2.05. The number of ether oxygens (including phenoxy) is 1. The van der Waals surface area contributed by atoms with E-state index in [4.69, 9.17) is 4.74 Å². The molecule has 0 spiro atoms. The molecular weight excluding hydrogens is 302 g/mol. The summed E-state index contributed by atoms with van der Waals surface area (Å²) < 4.78 is 32.8. The Morgan fingerprint density at radius 3 is 2.96 bits per heavy atom. The van der Waals surface area contributed by atoms with Gasteiger partial charge in [-0.15, -0.1) is 0 Å². The van der Waals surface area contributed by atoms with Crippen molar-refractivity contribution in [3.63, 3.8) is 0 Å². The molecule has 0 aliphatic carbocycles. The Kier molecular flexibility index (Phi) is 4.54. The van der Waals surface area contributed by atoms with Crippen LogP contribution in [-0.4, -0.2) is 34.7 Å².